The molecule has 1 atom stereocenters. The van der Waals surface area contributed by atoms with Crippen LogP contribution in [-0.2, 0) is 9.59 Å². The van der Waals surface area contributed by atoms with Crippen LogP contribution >= 0.6 is 0 Å². The van der Waals surface area contributed by atoms with E-state index in [4.69, 9.17) is 5.73 Å². The number of nitrogens with zero attached hydrogens (tertiary/aromatic N) is 1. The van der Waals surface area contributed by atoms with Crippen molar-refractivity contribution >= 4 is 11.9 Å². The number of carbonyl (C=O) groups is 2. The molecule has 0 spiro atoms. The summed E-state index contributed by atoms with van der Waals surface area (Å²) in [6.07, 6.45) is 5.10. The number of likely N-dealkylation sites (tertiary alicyclic amines) is 1. The Morgan fingerprint density at radius 2 is 1.78 bits per heavy atom. The van der Waals surface area contributed by atoms with Gasteiger partial charge in [0, 0.05) is 13.1 Å². The maximum atomic E-state index is 12.4. The van der Waals surface area contributed by atoms with Crippen LogP contribution in [0.2, 0.25) is 0 Å². The van der Waals surface area contributed by atoms with Gasteiger partial charge in [-0.15, -0.1) is 0 Å². The Morgan fingerprint density at radius 1 is 1.17 bits per heavy atom. The van der Waals surface area contributed by atoms with Crippen LogP contribution < -0.4 is 5.73 Å². The normalized spacial score (nSPS) is 31.3. The van der Waals surface area contributed by atoms with Crippen LogP contribution in [0.5, 0.6) is 0 Å². The second kappa shape index (κ2) is 4.53. The first-order valence-corrected chi connectivity index (χ1v) is 6.69. The number of nitrogens with two attached hydrogens (primary N) is 1. The smallest absolute Gasteiger partial charge is 0.311 e. The van der Waals surface area contributed by atoms with E-state index in [1.54, 1.807) is 11.8 Å². The molecule has 2 fully saturated rings. The van der Waals surface area contributed by atoms with Crippen LogP contribution in [0, 0.1) is 5.41 Å². The van der Waals surface area contributed by atoms with E-state index in [1.807, 2.05) is 0 Å². The van der Waals surface area contributed by atoms with Crippen LogP contribution in [0.3, 0.4) is 0 Å². The molecule has 1 amide bonds. The van der Waals surface area contributed by atoms with Crippen molar-refractivity contribution in [1.82, 2.24) is 4.90 Å². The molecule has 18 heavy (non-hydrogen) atoms. The van der Waals surface area contributed by atoms with E-state index in [9.17, 15) is 14.7 Å². The number of amides is 1. The molecule has 2 rings (SSSR count). The minimum absolute atomic E-state index is 0.0489. The third kappa shape index (κ3) is 2.23. The van der Waals surface area contributed by atoms with E-state index in [1.165, 1.54) is 0 Å². The van der Waals surface area contributed by atoms with Crippen molar-refractivity contribution in [2.45, 2.75) is 51.0 Å². The minimum atomic E-state index is -0.826. The van der Waals surface area contributed by atoms with E-state index >= 15 is 0 Å². The van der Waals surface area contributed by atoms with Gasteiger partial charge in [0.1, 0.15) is 0 Å². The molecule has 0 aromatic carbocycles. The zero-order valence-electron chi connectivity index (χ0n) is 10.9. The third-order valence-corrected chi connectivity index (χ3v) is 4.45. The highest BCUT2D eigenvalue weighted by atomic mass is 16.4. The van der Waals surface area contributed by atoms with Gasteiger partial charge in [-0.3, -0.25) is 9.59 Å². The number of carbonyl (C=O) groups excluding carboxylic acids is 1. The molecule has 1 saturated heterocycles. The topological polar surface area (TPSA) is 83.6 Å². The summed E-state index contributed by atoms with van der Waals surface area (Å²) in [7, 11) is 0. The molecule has 5 heteroatoms. The predicted molar refractivity (Wildman–Crippen MR) is 66.9 cm³/mol. The van der Waals surface area contributed by atoms with Crippen molar-refractivity contribution in [3.05, 3.63) is 0 Å². The summed E-state index contributed by atoms with van der Waals surface area (Å²) in [6.45, 7) is 2.51. The van der Waals surface area contributed by atoms with Gasteiger partial charge < -0.3 is 15.7 Å². The van der Waals surface area contributed by atoms with Crippen molar-refractivity contribution < 1.29 is 14.7 Å². The molecule has 1 aliphatic carbocycles. The molecule has 1 saturated carbocycles. The van der Waals surface area contributed by atoms with Crippen LogP contribution in [-0.4, -0.2) is 40.5 Å². The van der Waals surface area contributed by atoms with Gasteiger partial charge in [-0.2, -0.15) is 0 Å². The number of carboxylic acids is 1. The maximum absolute atomic E-state index is 12.4. The highest BCUT2D eigenvalue weighted by Crippen LogP contribution is 2.34. The van der Waals surface area contributed by atoms with Crippen LogP contribution in [0.25, 0.3) is 0 Å². The molecule has 0 bridgehead atoms. The summed E-state index contributed by atoms with van der Waals surface area (Å²) in [5, 5.41) is 9.18. The van der Waals surface area contributed by atoms with Gasteiger partial charge in [0.05, 0.1) is 11.0 Å². The fourth-order valence-electron chi connectivity index (χ4n) is 3.02. The lowest BCUT2D eigenvalue weighted by molar-refractivity contribution is -0.147. The van der Waals surface area contributed by atoms with E-state index in [-0.39, 0.29) is 5.91 Å². The van der Waals surface area contributed by atoms with Gasteiger partial charge in [-0.1, -0.05) is 19.3 Å². The zero-order chi connectivity index (χ0) is 13.4. The molecule has 5 nitrogen and oxygen atoms in total. The highest BCUT2D eigenvalue weighted by molar-refractivity contribution is 5.87. The Kier molecular flexibility index (Phi) is 3.36. The van der Waals surface area contributed by atoms with Gasteiger partial charge in [0.2, 0.25) is 5.91 Å². The molecule has 1 heterocycles. The first-order valence-electron chi connectivity index (χ1n) is 6.69. The lowest BCUT2D eigenvalue weighted by Crippen LogP contribution is -2.56. The Bertz CT molecular complexity index is 363. The molecule has 1 unspecified atom stereocenters. The number of hydrogen-bond donors (Lipinski definition) is 2. The standard InChI is InChI=1S/C13H22N2O3/c1-12(11(17)18)7-8-15(9-12)10(16)13(14)5-3-2-4-6-13/h2-9,14H2,1H3,(H,17,18). The minimum Gasteiger partial charge on any atom is -0.481 e. The van der Waals surface area contributed by atoms with Gasteiger partial charge in [-0.25, -0.2) is 0 Å². The number of aliphatic carboxylic acids is 1. The van der Waals surface area contributed by atoms with Crippen LogP contribution in [0.15, 0.2) is 0 Å². The van der Waals surface area contributed by atoms with Crippen LogP contribution in [0.4, 0.5) is 0 Å². The average Bonchev–Trinajstić information content (AvgIpc) is 2.73. The summed E-state index contributed by atoms with van der Waals surface area (Å²) in [5.41, 5.74) is 4.66. The molecule has 2 aliphatic rings. The number of rotatable bonds is 2. The molecule has 0 radical (unpaired) electrons. The van der Waals surface area contributed by atoms with E-state index in [0.29, 0.717) is 19.5 Å². The third-order valence-electron chi connectivity index (χ3n) is 4.45. The first kappa shape index (κ1) is 13.3. The number of carboxylic acid groups (broad SMARTS) is 1. The largest absolute Gasteiger partial charge is 0.481 e. The summed E-state index contributed by atoms with van der Waals surface area (Å²) in [6, 6.07) is 0. The molecule has 1 aliphatic heterocycles. The monoisotopic (exact) mass is 254 g/mol. The molecule has 0 aromatic heterocycles. The molecular weight excluding hydrogens is 232 g/mol. The highest BCUT2D eigenvalue weighted by Gasteiger charge is 2.46. The van der Waals surface area contributed by atoms with Crippen molar-refractivity contribution in [3.63, 3.8) is 0 Å². The second-order valence-corrected chi connectivity index (χ2v) is 6.06. The Morgan fingerprint density at radius 3 is 2.28 bits per heavy atom. The van der Waals surface area contributed by atoms with Crippen molar-refractivity contribution in [2.75, 3.05) is 13.1 Å². The number of hydrogen-bond acceptors (Lipinski definition) is 3. The summed E-state index contributed by atoms with van der Waals surface area (Å²) in [4.78, 5) is 25.3. The van der Waals surface area contributed by atoms with Gasteiger partial charge in [0.25, 0.3) is 0 Å². The van der Waals surface area contributed by atoms with Crippen molar-refractivity contribution in [3.8, 4) is 0 Å². The fraction of sp³-hybridized carbons (Fsp3) is 0.846. The summed E-state index contributed by atoms with van der Waals surface area (Å²) >= 11 is 0. The van der Waals surface area contributed by atoms with Crippen molar-refractivity contribution in [2.24, 2.45) is 11.1 Å². The fourth-order valence-corrected chi connectivity index (χ4v) is 3.02. The lowest BCUT2D eigenvalue weighted by atomic mass is 9.81. The molecule has 3 N–H and O–H groups in total. The Labute approximate surface area is 107 Å². The van der Waals surface area contributed by atoms with E-state index in [2.05, 4.69) is 0 Å². The second-order valence-electron chi connectivity index (χ2n) is 6.06. The molecular formula is C13H22N2O3. The molecule has 0 aromatic rings. The quantitative estimate of drug-likeness (QED) is 0.769. The average molecular weight is 254 g/mol. The van der Waals surface area contributed by atoms with Gasteiger partial charge >= 0.3 is 5.97 Å². The first-order chi connectivity index (χ1) is 8.37. The predicted octanol–water partition coefficient (Wildman–Crippen LogP) is 0.971. The van der Waals surface area contributed by atoms with E-state index in [0.717, 1.165) is 32.1 Å². The van der Waals surface area contributed by atoms with Gasteiger partial charge in [0.15, 0.2) is 0 Å². The summed E-state index contributed by atoms with van der Waals surface area (Å²) < 4.78 is 0. The summed E-state index contributed by atoms with van der Waals surface area (Å²) in [5.74, 6) is -0.875. The van der Waals surface area contributed by atoms with Crippen molar-refractivity contribution in [1.29, 1.82) is 0 Å². The SMILES string of the molecule is CC1(C(=O)O)CCN(C(=O)C2(N)CCCCC2)C1. The zero-order valence-corrected chi connectivity index (χ0v) is 10.9. The lowest BCUT2D eigenvalue weighted by Gasteiger charge is -2.35. The van der Waals surface area contributed by atoms with E-state index < -0.39 is 16.9 Å². The maximum Gasteiger partial charge on any atom is 0.311 e. The Hall–Kier alpha value is -1.10. The molecule has 102 valence electrons. The Balaban J connectivity index is 2.05. The van der Waals surface area contributed by atoms with Crippen LogP contribution in [0.1, 0.15) is 45.4 Å². The van der Waals surface area contributed by atoms with Gasteiger partial charge in [-0.05, 0) is 26.2 Å².